The van der Waals surface area contributed by atoms with Gasteiger partial charge in [-0.3, -0.25) is 9.59 Å². The molecule has 0 bridgehead atoms. The van der Waals surface area contributed by atoms with Gasteiger partial charge in [-0.25, -0.2) is 0 Å². The molecule has 0 radical (unpaired) electrons. The van der Waals surface area contributed by atoms with Gasteiger partial charge in [0.1, 0.15) is 0 Å². The second-order valence-corrected chi connectivity index (χ2v) is 7.76. The minimum atomic E-state index is -0.815. The van der Waals surface area contributed by atoms with E-state index in [0.717, 1.165) is 30.1 Å². The molecule has 0 aliphatic carbocycles. The zero-order valence-electron chi connectivity index (χ0n) is 10.6. The van der Waals surface area contributed by atoms with Crippen molar-refractivity contribution in [2.24, 2.45) is 0 Å². The van der Waals surface area contributed by atoms with Crippen LogP contribution in [0.3, 0.4) is 0 Å². The topological polar surface area (TPSA) is 57.6 Å². The second-order valence-electron chi connectivity index (χ2n) is 5.01. The van der Waals surface area contributed by atoms with Gasteiger partial charge in [0, 0.05) is 18.1 Å². The van der Waals surface area contributed by atoms with Gasteiger partial charge in [-0.05, 0) is 25.5 Å². The number of carbonyl (C=O) groups is 2. The van der Waals surface area contributed by atoms with Crippen molar-refractivity contribution < 1.29 is 14.7 Å². The molecule has 2 atom stereocenters. The zero-order chi connectivity index (χ0) is 13.2. The number of thioether (sulfide) groups is 2. The molecule has 4 nitrogen and oxygen atoms in total. The van der Waals surface area contributed by atoms with E-state index in [2.05, 4.69) is 0 Å². The van der Waals surface area contributed by atoms with Crippen molar-refractivity contribution in [1.82, 2.24) is 4.90 Å². The van der Waals surface area contributed by atoms with E-state index in [1.807, 2.05) is 11.8 Å². The Morgan fingerprint density at radius 3 is 2.83 bits per heavy atom. The highest BCUT2D eigenvalue weighted by atomic mass is 32.2. The molecule has 2 rings (SSSR count). The number of carboxylic acids is 1. The van der Waals surface area contributed by atoms with Crippen LogP contribution >= 0.6 is 23.5 Å². The van der Waals surface area contributed by atoms with Gasteiger partial charge in [-0.15, -0.1) is 11.8 Å². The minimum absolute atomic E-state index is 0.0689. The standard InChI is InChI=1S/C12H19NO3S2/c1-12(3-2-5-18-12)11(16)13-4-6-17-8-9(13)7-10(14)15/h9H,2-8H2,1H3,(H,14,15). The molecule has 2 saturated heterocycles. The fraction of sp³-hybridized carbons (Fsp3) is 0.833. The quantitative estimate of drug-likeness (QED) is 0.857. The van der Waals surface area contributed by atoms with Gasteiger partial charge in [-0.2, -0.15) is 11.8 Å². The van der Waals surface area contributed by atoms with Crippen LogP contribution in [-0.4, -0.2) is 56.5 Å². The molecule has 1 amide bonds. The first-order chi connectivity index (χ1) is 8.53. The van der Waals surface area contributed by atoms with Crippen LogP contribution in [0.5, 0.6) is 0 Å². The number of carboxylic acid groups (broad SMARTS) is 1. The smallest absolute Gasteiger partial charge is 0.305 e. The van der Waals surface area contributed by atoms with Crippen LogP contribution in [0, 0.1) is 0 Å². The van der Waals surface area contributed by atoms with Gasteiger partial charge >= 0.3 is 5.97 Å². The number of amides is 1. The van der Waals surface area contributed by atoms with E-state index in [0.29, 0.717) is 6.54 Å². The summed E-state index contributed by atoms with van der Waals surface area (Å²) in [6, 6.07) is -0.133. The maximum atomic E-state index is 12.6. The van der Waals surface area contributed by atoms with Crippen LogP contribution in [0.4, 0.5) is 0 Å². The molecule has 0 aromatic carbocycles. The van der Waals surface area contributed by atoms with Crippen molar-refractivity contribution >= 4 is 35.4 Å². The molecule has 6 heteroatoms. The van der Waals surface area contributed by atoms with Crippen LogP contribution < -0.4 is 0 Å². The first kappa shape index (κ1) is 14.1. The Labute approximate surface area is 116 Å². The van der Waals surface area contributed by atoms with Crippen molar-refractivity contribution in [2.75, 3.05) is 23.8 Å². The summed E-state index contributed by atoms with van der Waals surface area (Å²) < 4.78 is -0.321. The van der Waals surface area contributed by atoms with Crippen LogP contribution in [-0.2, 0) is 9.59 Å². The molecule has 2 heterocycles. The summed E-state index contributed by atoms with van der Waals surface area (Å²) in [6.07, 6.45) is 2.07. The molecule has 0 aromatic rings. The highest BCUT2D eigenvalue weighted by molar-refractivity contribution is 8.01. The molecule has 2 aliphatic rings. The van der Waals surface area contributed by atoms with E-state index in [4.69, 9.17) is 5.11 Å². The lowest BCUT2D eigenvalue weighted by molar-refractivity contribution is -0.141. The normalized spacial score (nSPS) is 32.5. The largest absolute Gasteiger partial charge is 0.481 e. The average Bonchev–Trinajstić information content (AvgIpc) is 2.76. The molecule has 1 N–H and O–H groups in total. The predicted molar refractivity (Wildman–Crippen MR) is 75.2 cm³/mol. The van der Waals surface area contributed by atoms with Crippen LogP contribution in [0.15, 0.2) is 0 Å². The van der Waals surface area contributed by atoms with Gasteiger partial charge in [0.15, 0.2) is 0 Å². The van der Waals surface area contributed by atoms with E-state index in [1.165, 1.54) is 0 Å². The summed E-state index contributed by atoms with van der Waals surface area (Å²) >= 11 is 3.47. The summed E-state index contributed by atoms with van der Waals surface area (Å²) in [6.45, 7) is 2.70. The molecule has 2 fully saturated rings. The molecule has 102 valence electrons. The van der Waals surface area contributed by atoms with Gasteiger partial charge < -0.3 is 10.0 Å². The Kier molecular flexibility index (Phi) is 4.48. The summed E-state index contributed by atoms with van der Waals surface area (Å²) in [4.78, 5) is 25.3. The average molecular weight is 289 g/mol. The van der Waals surface area contributed by atoms with E-state index in [1.54, 1.807) is 23.5 Å². The van der Waals surface area contributed by atoms with Crippen molar-refractivity contribution in [3.8, 4) is 0 Å². The summed E-state index contributed by atoms with van der Waals surface area (Å²) in [7, 11) is 0. The third-order valence-corrected chi connectivity index (χ3v) is 6.17. The molecule has 2 unspecified atom stereocenters. The van der Waals surface area contributed by atoms with Crippen LogP contribution in [0.1, 0.15) is 26.2 Å². The van der Waals surface area contributed by atoms with Crippen molar-refractivity contribution in [1.29, 1.82) is 0 Å². The summed E-state index contributed by atoms with van der Waals surface area (Å²) in [5, 5.41) is 8.94. The van der Waals surface area contributed by atoms with Gasteiger partial charge in [0.25, 0.3) is 0 Å². The minimum Gasteiger partial charge on any atom is -0.481 e. The van der Waals surface area contributed by atoms with E-state index in [9.17, 15) is 9.59 Å². The molecule has 18 heavy (non-hydrogen) atoms. The zero-order valence-corrected chi connectivity index (χ0v) is 12.2. The fourth-order valence-corrected chi connectivity index (χ4v) is 4.88. The fourth-order valence-electron chi connectivity index (χ4n) is 2.54. The van der Waals surface area contributed by atoms with Crippen LogP contribution in [0.2, 0.25) is 0 Å². The van der Waals surface area contributed by atoms with E-state index < -0.39 is 5.97 Å². The Morgan fingerprint density at radius 1 is 1.44 bits per heavy atom. The predicted octanol–water partition coefficient (Wildman–Crippen LogP) is 1.69. The highest BCUT2D eigenvalue weighted by Crippen LogP contribution is 2.40. The van der Waals surface area contributed by atoms with Crippen molar-refractivity contribution in [3.63, 3.8) is 0 Å². The molecule has 0 saturated carbocycles. The maximum Gasteiger partial charge on any atom is 0.305 e. The third-order valence-electron chi connectivity index (χ3n) is 3.57. The number of hydrogen-bond donors (Lipinski definition) is 1. The number of aliphatic carboxylic acids is 1. The highest BCUT2D eigenvalue weighted by Gasteiger charge is 2.42. The Balaban J connectivity index is 2.08. The Bertz CT molecular complexity index is 342. The first-order valence-electron chi connectivity index (χ1n) is 6.27. The second kappa shape index (κ2) is 5.74. The molecule has 0 aromatic heterocycles. The van der Waals surface area contributed by atoms with Crippen molar-refractivity contribution in [2.45, 2.75) is 37.0 Å². The first-order valence-corrected chi connectivity index (χ1v) is 8.41. The van der Waals surface area contributed by atoms with Gasteiger partial charge in [0.2, 0.25) is 5.91 Å². The van der Waals surface area contributed by atoms with E-state index >= 15 is 0 Å². The maximum absolute atomic E-state index is 12.6. The lowest BCUT2D eigenvalue weighted by Gasteiger charge is -2.39. The monoisotopic (exact) mass is 289 g/mol. The van der Waals surface area contributed by atoms with Crippen LogP contribution in [0.25, 0.3) is 0 Å². The Morgan fingerprint density at radius 2 is 2.22 bits per heavy atom. The lowest BCUT2D eigenvalue weighted by Crippen LogP contribution is -2.53. The van der Waals surface area contributed by atoms with Gasteiger partial charge in [-0.1, -0.05) is 0 Å². The molecule has 0 spiro atoms. The lowest BCUT2D eigenvalue weighted by atomic mass is 10.0. The van der Waals surface area contributed by atoms with Crippen molar-refractivity contribution in [3.05, 3.63) is 0 Å². The molecule has 2 aliphatic heterocycles. The SMILES string of the molecule is CC1(C(=O)N2CCSCC2CC(=O)O)CCCS1. The summed E-state index contributed by atoms with van der Waals surface area (Å²) in [5.74, 6) is 2.04. The van der Waals surface area contributed by atoms with E-state index in [-0.39, 0.29) is 23.1 Å². The van der Waals surface area contributed by atoms with Gasteiger partial charge in [0.05, 0.1) is 17.2 Å². The number of carbonyl (C=O) groups excluding carboxylic acids is 1. The number of nitrogens with zero attached hydrogens (tertiary/aromatic N) is 1. The molecular formula is C12H19NO3S2. The molecular weight excluding hydrogens is 270 g/mol. The number of hydrogen-bond acceptors (Lipinski definition) is 4. The number of rotatable bonds is 3. The Hall–Kier alpha value is -0.360. The summed E-state index contributed by atoms with van der Waals surface area (Å²) in [5.41, 5.74) is 0. The third kappa shape index (κ3) is 2.96.